The van der Waals surface area contributed by atoms with Crippen molar-refractivity contribution in [2.75, 3.05) is 0 Å². The van der Waals surface area contributed by atoms with Crippen molar-refractivity contribution in [1.82, 2.24) is 0 Å². The van der Waals surface area contributed by atoms with Gasteiger partial charge in [-0.15, -0.1) is 11.6 Å². The van der Waals surface area contributed by atoms with Crippen LogP contribution in [0.25, 0.3) is 0 Å². The Bertz CT molecular complexity index is 165. The average Bonchev–Trinajstić information content (AvgIpc) is 2.15. The normalized spacial score (nSPS) is 32.2. The molecule has 0 aliphatic heterocycles. The van der Waals surface area contributed by atoms with E-state index < -0.39 is 0 Å². The Kier molecular flexibility index (Phi) is 3.57. The van der Waals surface area contributed by atoms with Crippen LogP contribution in [-0.4, -0.2) is 11.2 Å². The number of Topliss-reactive ketones (excluding diaryl/α,β-unsaturated/α-hetero) is 1. The van der Waals surface area contributed by atoms with Crippen molar-refractivity contribution in [3.05, 3.63) is 0 Å². The van der Waals surface area contributed by atoms with Crippen LogP contribution in [0.15, 0.2) is 0 Å². The maximum absolute atomic E-state index is 11.3. The van der Waals surface area contributed by atoms with Gasteiger partial charge in [0.25, 0.3) is 0 Å². The third-order valence-electron chi connectivity index (χ3n) is 2.80. The summed E-state index contributed by atoms with van der Waals surface area (Å²) in [4.78, 5) is 11.3. The molecule has 70 valence electrons. The Morgan fingerprint density at radius 1 is 1.50 bits per heavy atom. The molecule has 2 atom stereocenters. The Labute approximate surface area is 79.5 Å². The first kappa shape index (κ1) is 10.0. The van der Waals surface area contributed by atoms with E-state index in [9.17, 15) is 4.79 Å². The molecule has 2 unspecified atom stereocenters. The van der Waals surface area contributed by atoms with Crippen molar-refractivity contribution >= 4 is 17.4 Å². The van der Waals surface area contributed by atoms with Crippen LogP contribution in [0.4, 0.5) is 0 Å². The minimum absolute atomic E-state index is 0.208. The molecule has 0 aromatic heterocycles. The van der Waals surface area contributed by atoms with Crippen molar-refractivity contribution in [2.24, 2.45) is 11.8 Å². The Balaban J connectivity index is 2.54. The Morgan fingerprint density at radius 3 is 2.75 bits per heavy atom. The number of alkyl halides is 1. The molecule has 0 bridgehead atoms. The highest BCUT2D eigenvalue weighted by molar-refractivity contribution is 6.31. The highest BCUT2D eigenvalue weighted by Crippen LogP contribution is 2.29. The fourth-order valence-electron chi connectivity index (χ4n) is 1.82. The van der Waals surface area contributed by atoms with Gasteiger partial charge in [-0.1, -0.05) is 13.8 Å². The van der Waals surface area contributed by atoms with Crippen molar-refractivity contribution < 1.29 is 4.79 Å². The van der Waals surface area contributed by atoms with Crippen LogP contribution in [0.5, 0.6) is 0 Å². The SMILES string of the molecule is CC(C)C1CCCC(=O)C(Cl)C1. The van der Waals surface area contributed by atoms with Gasteiger partial charge in [-0.2, -0.15) is 0 Å². The van der Waals surface area contributed by atoms with E-state index in [2.05, 4.69) is 13.8 Å². The number of carbonyl (C=O) groups excluding carboxylic acids is 1. The molecule has 1 aliphatic carbocycles. The Morgan fingerprint density at radius 2 is 2.17 bits per heavy atom. The maximum atomic E-state index is 11.3. The molecular formula is C10H17ClO. The van der Waals surface area contributed by atoms with E-state index in [0.717, 1.165) is 12.8 Å². The van der Waals surface area contributed by atoms with E-state index >= 15 is 0 Å². The zero-order chi connectivity index (χ0) is 9.14. The van der Waals surface area contributed by atoms with Gasteiger partial charge >= 0.3 is 0 Å². The van der Waals surface area contributed by atoms with Crippen LogP contribution in [0.2, 0.25) is 0 Å². The second kappa shape index (κ2) is 4.27. The number of ketones is 1. The van der Waals surface area contributed by atoms with Gasteiger partial charge in [0.15, 0.2) is 5.78 Å². The van der Waals surface area contributed by atoms with E-state index in [4.69, 9.17) is 11.6 Å². The summed E-state index contributed by atoms with van der Waals surface area (Å²) in [5.74, 6) is 1.57. The first-order valence-electron chi connectivity index (χ1n) is 4.78. The standard InChI is InChI=1S/C10H17ClO/c1-7(2)8-4-3-5-10(12)9(11)6-8/h7-9H,3-6H2,1-2H3. The summed E-state index contributed by atoms with van der Waals surface area (Å²) in [5.41, 5.74) is 0. The van der Waals surface area contributed by atoms with Crippen LogP contribution in [0, 0.1) is 11.8 Å². The molecule has 0 spiro atoms. The van der Waals surface area contributed by atoms with Crippen LogP contribution in [0.3, 0.4) is 0 Å². The molecule has 1 aliphatic rings. The van der Waals surface area contributed by atoms with E-state index in [0.29, 0.717) is 18.3 Å². The zero-order valence-corrected chi connectivity index (χ0v) is 8.60. The van der Waals surface area contributed by atoms with Crippen LogP contribution < -0.4 is 0 Å². The van der Waals surface area contributed by atoms with Crippen molar-refractivity contribution in [3.63, 3.8) is 0 Å². The van der Waals surface area contributed by atoms with Gasteiger partial charge in [0.1, 0.15) is 0 Å². The van der Waals surface area contributed by atoms with Gasteiger partial charge in [0.2, 0.25) is 0 Å². The summed E-state index contributed by atoms with van der Waals surface area (Å²) in [6.45, 7) is 4.42. The predicted octanol–water partition coefficient (Wildman–Crippen LogP) is 3.01. The van der Waals surface area contributed by atoms with Gasteiger partial charge in [-0.05, 0) is 31.1 Å². The number of hydrogen-bond donors (Lipinski definition) is 0. The molecular weight excluding hydrogens is 172 g/mol. The lowest BCUT2D eigenvalue weighted by Crippen LogP contribution is -2.17. The van der Waals surface area contributed by atoms with Crippen molar-refractivity contribution in [1.29, 1.82) is 0 Å². The molecule has 1 rings (SSSR count). The summed E-state index contributed by atoms with van der Waals surface area (Å²) in [5, 5.41) is -0.208. The highest BCUT2D eigenvalue weighted by Gasteiger charge is 2.25. The molecule has 1 fully saturated rings. The fourth-order valence-corrected chi connectivity index (χ4v) is 2.15. The second-order valence-electron chi connectivity index (χ2n) is 4.07. The minimum atomic E-state index is -0.208. The van der Waals surface area contributed by atoms with Crippen LogP contribution in [0.1, 0.15) is 39.5 Å². The summed E-state index contributed by atoms with van der Waals surface area (Å²) in [7, 11) is 0. The number of carbonyl (C=O) groups is 1. The third-order valence-corrected chi connectivity index (χ3v) is 3.22. The lowest BCUT2D eigenvalue weighted by Gasteiger charge is -2.18. The van der Waals surface area contributed by atoms with Crippen LogP contribution >= 0.6 is 11.6 Å². The molecule has 0 amide bonds. The van der Waals surface area contributed by atoms with E-state index in [-0.39, 0.29) is 11.2 Å². The molecule has 0 radical (unpaired) electrons. The summed E-state index contributed by atoms with van der Waals surface area (Å²) in [6.07, 6.45) is 3.78. The summed E-state index contributed by atoms with van der Waals surface area (Å²) >= 11 is 5.96. The topological polar surface area (TPSA) is 17.1 Å². The highest BCUT2D eigenvalue weighted by atomic mass is 35.5. The quantitative estimate of drug-likeness (QED) is 0.457. The molecule has 0 N–H and O–H groups in total. The average molecular weight is 189 g/mol. The van der Waals surface area contributed by atoms with Gasteiger partial charge in [-0.3, -0.25) is 4.79 Å². The predicted molar refractivity (Wildman–Crippen MR) is 51.4 cm³/mol. The number of hydrogen-bond acceptors (Lipinski definition) is 1. The molecule has 0 heterocycles. The number of halogens is 1. The molecule has 0 saturated heterocycles. The minimum Gasteiger partial charge on any atom is -0.298 e. The van der Waals surface area contributed by atoms with E-state index in [1.165, 1.54) is 6.42 Å². The zero-order valence-electron chi connectivity index (χ0n) is 7.85. The van der Waals surface area contributed by atoms with Crippen molar-refractivity contribution in [3.8, 4) is 0 Å². The van der Waals surface area contributed by atoms with Gasteiger partial charge in [-0.25, -0.2) is 0 Å². The lowest BCUT2D eigenvalue weighted by molar-refractivity contribution is -0.118. The molecule has 1 nitrogen and oxygen atoms in total. The van der Waals surface area contributed by atoms with Crippen LogP contribution in [-0.2, 0) is 4.79 Å². The summed E-state index contributed by atoms with van der Waals surface area (Å²) < 4.78 is 0. The van der Waals surface area contributed by atoms with Crippen molar-refractivity contribution in [2.45, 2.75) is 44.9 Å². The second-order valence-corrected chi connectivity index (χ2v) is 4.59. The van der Waals surface area contributed by atoms with Gasteiger partial charge in [0.05, 0.1) is 5.38 Å². The van der Waals surface area contributed by atoms with Gasteiger partial charge < -0.3 is 0 Å². The number of rotatable bonds is 1. The lowest BCUT2D eigenvalue weighted by atomic mass is 9.89. The smallest absolute Gasteiger partial charge is 0.150 e. The van der Waals surface area contributed by atoms with E-state index in [1.54, 1.807) is 0 Å². The van der Waals surface area contributed by atoms with Gasteiger partial charge in [0, 0.05) is 6.42 Å². The summed E-state index contributed by atoms with van der Waals surface area (Å²) in [6, 6.07) is 0. The third kappa shape index (κ3) is 2.48. The molecule has 1 saturated carbocycles. The molecule has 12 heavy (non-hydrogen) atoms. The first-order chi connectivity index (χ1) is 5.61. The largest absolute Gasteiger partial charge is 0.298 e. The molecule has 0 aromatic carbocycles. The molecule has 2 heteroatoms. The first-order valence-corrected chi connectivity index (χ1v) is 5.21. The fraction of sp³-hybridized carbons (Fsp3) is 0.900. The van der Waals surface area contributed by atoms with E-state index in [1.807, 2.05) is 0 Å². The Hall–Kier alpha value is -0.0400. The monoisotopic (exact) mass is 188 g/mol. The molecule has 0 aromatic rings. The maximum Gasteiger partial charge on any atom is 0.150 e.